The van der Waals surface area contributed by atoms with Crippen LogP contribution in [0.4, 0.5) is 0 Å². The van der Waals surface area contributed by atoms with E-state index in [0.717, 1.165) is 5.56 Å². The minimum absolute atomic E-state index is 0.0192. The van der Waals surface area contributed by atoms with Crippen LogP contribution < -0.4 is 14.2 Å². The number of benzene rings is 3. The summed E-state index contributed by atoms with van der Waals surface area (Å²) in [6.07, 6.45) is 0.528. The highest BCUT2D eigenvalue weighted by atomic mass is 16.5. The fourth-order valence-corrected chi connectivity index (χ4v) is 4.74. The van der Waals surface area contributed by atoms with E-state index in [1.165, 1.54) is 19.1 Å². The third-order valence-corrected chi connectivity index (χ3v) is 6.71. The van der Waals surface area contributed by atoms with Gasteiger partial charge in [0.25, 0.3) is 11.7 Å². The third kappa shape index (κ3) is 5.91. The fourth-order valence-electron chi connectivity index (χ4n) is 4.74. The van der Waals surface area contributed by atoms with Crippen molar-refractivity contribution in [1.29, 1.82) is 0 Å². The van der Waals surface area contributed by atoms with Gasteiger partial charge in [-0.3, -0.25) is 9.59 Å². The van der Waals surface area contributed by atoms with Gasteiger partial charge >= 0.3 is 0 Å². The Kier molecular flexibility index (Phi) is 8.88. The van der Waals surface area contributed by atoms with Gasteiger partial charge in [0, 0.05) is 25.8 Å². The van der Waals surface area contributed by atoms with Gasteiger partial charge in [0.05, 0.1) is 25.8 Å². The molecule has 204 valence electrons. The molecule has 3 aromatic rings. The molecule has 0 aromatic heterocycles. The van der Waals surface area contributed by atoms with E-state index in [1.54, 1.807) is 43.5 Å². The third-order valence-electron chi connectivity index (χ3n) is 6.71. The molecule has 0 saturated carbocycles. The fraction of sp³-hybridized carbons (Fsp3) is 0.290. The predicted octanol–water partition coefficient (Wildman–Crippen LogP) is 5.05. The van der Waals surface area contributed by atoms with Crippen LogP contribution in [0.25, 0.3) is 5.76 Å². The van der Waals surface area contributed by atoms with E-state index in [2.05, 4.69) is 0 Å². The van der Waals surface area contributed by atoms with E-state index in [4.69, 9.17) is 18.9 Å². The van der Waals surface area contributed by atoms with Crippen LogP contribution in [0, 0.1) is 6.92 Å². The van der Waals surface area contributed by atoms with Gasteiger partial charge in [0.1, 0.15) is 18.1 Å². The van der Waals surface area contributed by atoms with E-state index in [0.29, 0.717) is 53.6 Å². The van der Waals surface area contributed by atoms with Gasteiger partial charge < -0.3 is 29.0 Å². The number of carbonyl (C=O) groups excluding carboxylic acids is 2. The highest BCUT2D eigenvalue weighted by Gasteiger charge is 2.46. The molecule has 39 heavy (non-hydrogen) atoms. The molecule has 1 atom stereocenters. The molecule has 1 amide bonds. The van der Waals surface area contributed by atoms with E-state index < -0.39 is 17.7 Å². The second kappa shape index (κ2) is 12.5. The van der Waals surface area contributed by atoms with Crippen molar-refractivity contribution in [3.05, 3.63) is 94.6 Å². The number of ether oxygens (including phenoxy) is 4. The van der Waals surface area contributed by atoms with Gasteiger partial charge in [-0.15, -0.1) is 0 Å². The van der Waals surface area contributed by atoms with Crippen LogP contribution in [-0.2, 0) is 20.9 Å². The van der Waals surface area contributed by atoms with E-state index in [-0.39, 0.29) is 17.9 Å². The van der Waals surface area contributed by atoms with Crippen LogP contribution in [0.3, 0.4) is 0 Å². The zero-order valence-corrected chi connectivity index (χ0v) is 22.6. The average Bonchev–Trinajstić information content (AvgIpc) is 3.21. The Hall–Kier alpha value is -4.30. The highest BCUT2D eigenvalue weighted by molar-refractivity contribution is 6.46. The Balaban J connectivity index is 1.73. The second-order valence-electron chi connectivity index (χ2n) is 9.20. The molecule has 1 fully saturated rings. The van der Waals surface area contributed by atoms with Crippen molar-refractivity contribution < 1.29 is 33.6 Å². The number of aliphatic hydroxyl groups is 1. The van der Waals surface area contributed by atoms with Gasteiger partial charge in [-0.2, -0.15) is 0 Å². The maximum Gasteiger partial charge on any atom is 0.295 e. The topological polar surface area (TPSA) is 94.5 Å². The molecule has 4 rings (SSSR count). The lowest BCUT2D eigenvalue weighted by molar-refractivity contribution is -0.140. The molecule has 8 heteroatoms. The Morgan fingerprint density at radius 2 is 1.67 bits per heavy atom. The number of aryl methyl sites for hydroxylation is 1. The summed E-state index contributed by atoms with van der Waals surface area (Å²) in [5.41, 5.74) is 2.82. The monoisotopic (exact) mass is 531 g/mol. The Morgan fingerprint density at radius 3 is 2.33 bits per heavy atom. The van der Waals surface area contributed by atoms with Gasteiger partial charge in [-0.05, 0) is 60.4 Å². The summed E-state index contributed by atoms with van der Waals surface area (Å²) in [6, 6.07) is 19.4. The first-order chi connectivity index (χ1) is 18.9. The van der Waals surface area contributed by atoms with Crippen LogP contribution in [-0.4, -0.2) is 56.2 Å². The first-order valence-electron chi connectivity index (χ1n) is 12.7. The maximum atomic E-state index is 13.3. The molecule has 1 aliphatic rings. The Bertz CT molecular complexity index is 1370. The molecule has 0 bridgehead atoms. The lowest BCUT2D eigenvalue weighted by Gasteiger charge is -2.26. The minimum atomic E-state index is -0.810. The standard InChI is InChI=1S/C31H33NO7/c1-20-17-23(39-19-21-9-6-5-7-10-21)12-13-24(20)29(33)27-28(22-11-14-25(37-3)26(18-22)38-4)32(15-8-16-36-2)31(35)30(27)34/h5-7,9-14,17-18,28,33H,8,15-16,19H2,1-4H3/b29-27+/t28-/m0/s1. The predicted molar refractivity (Wildman–Crippen MR) is 147 cm³/mol. The highest BCUT2D eigenvalue weighted by Crippen LogP contribution is 2.42. The van der Waals surface area contributed by atoms with Crippen molar-refractivity contribution in [1.82, 2.24) is 4.90 Å². The van der Waals surface area contributed by atoms with Gasteiger partial charge in [0.15, 0.2) is 11.5 Å². The number of Topliss-reactive ketones (excluding diaryl/α,β-unsaturated/α-hetero) is 1. The van der Waals surface area contributed by atoms with Gasteiger partial charge in [-0.25, -0.2) is 0 Å². The van der Waals surface area contributed by atoms with Crippen molar-refractivity contribution in [2.24, 2.45) is 0 Å². The lowest BCUT2D eigenvalue weighted by Crippen LogP contribution is -2.31. The molecule has 8 nitrogen and oxygen atoms in total. The summed E-state index contributed by atoms with van der Waals surface area (Å²) >= 11 is 0. The maximum absolute atomic E-state index is 13.3. The van der Waals surface area contributed by atoms with Crippen LogP contribution in [0.15, 0.2) is 72.3 Å². The first-order valence-corrected chi connectivity index (χ1v) is 12.7. The zero-order chi connectivity index (χ0) is 27.9. The Morgan fingerprint density at radius 1 is 0.923 bits per heavy atom. The van der Waals surface area contributed by atoms with Crippen LogP contribution in [0.2, 0.25) is 0 Å². The van der Waals surface area contributed by atoms with Crippen molar-refractivity contribution in [2.75, 3.05) is 34.5 Å². The second-order valence-corrected chi connectivity index (χ2v) is 9.20. The number of amides is 1. The van der Waals surface area contributed by atoms with Crippen molar-refractivity contribution in [3.63, 3.8) is 0 Å². The van der Waals surface area contributed by atoms with E-state index in [9.17, 15) is 14.7 Å². The van der Waals surface area contributed by atoms with Crippen LogP contribution in [0.5, 0.6) is 17.2 Å². The molecule has 1 N–H and O–H groups in total. The quantitative estimate of drug-likeness (QED) is 0.160. The number of ketones is 1. The molecule has 0 spiro atoms. The van der Waals surface area contributed by atoms with Crippen LogP contribution >= 0.6 is 0 Å². The molecule has 0 unspecified atom stereocenters. The summed E-state index contributed by atoms with van der Waals surface area (Å²) in [6.45, 7) is 2.92. The van der Waals surface area contributed by atoms with Crippen molar-refractivity contribution in [3.8, 4) is 17.2 Å². The summed E-state index contributed by atoms with van der Waals surface area (Å²) < 4.78 is 21.9. The summed E-state index contributed by atoms with van der Waals surface area (Å²) in [5, 5.41) is 11.5. The molecule has 1 saturated heterocycles. The largest absolute Gasteiger partial charge is 0.507 e. The number of methoxy groups -OCH3 is 3. The first kappa shape index (κ1) is 27.7. The Labute approximate surface area is 228 Å². The normalized spacial score (nSPS) is 16.4. The SMILES string of the molecule is COCCCN1C(=O)C(=O)/C(=C(/O)c2ccc(OCc3ccccc3)cc2C)[C@@H]1c1ccc(OC)c(OC)c1. The number of likely N-dealkylation sites (tertiary alicyclic amines) is 1. The van der Waals surface area contributed by atoms with E-state index >= 15 is 0 Å². The molecular formula is C31H33NO7. The minimum Gasteiger partial charge on any atom is -0.507 e. The average molecular weight is 532 g/mol. The number of carbonyl (C=O) groups is 2. The summed E-state index contributed by atoms with van der Waals surface area (Å²) in [7, 11) is 4.63. The van der Waals surface area contributed by atoms with E-state index in [1.807, 2.05) is 37.3 Å². The summed E-state index contributed by atoms with van der Waals surface area (Å²) in [4.78, 5) is 28.0. The molecule has 1 heterocycles. The van der Waals surface area contributed by atoms with Gasteiger partial charge in [-0.1, -0.05) is 36.4 Å². The lowest BCUT2D eigenvalue weighted by atomic mass is 9.93. The molecule has 1 aliphatic heterocycles. The number of nitrogens with zero attached hydrogens (tertiary/aromatic N) is 1. The van der Waals surface area contributed by atoms with Crippen molar-refractivity contribution >= 4 is 17.4 Å². The van der Waals surface area contributed by atoms with Crippen molar-refractivity contribution in [2.45, 2.75) is 26.0 Å². The van der Waals surface area contributed by atoms with Gasteiger partial charge in [0.2, 0.25) is 0 Å². The zero-order valence-electron chi connectivity index (χ0n) is 22.6. The number of hydrogen-bond donors (Lipinski definition) is 1. The number of aliphatic hydroxyl groups excluding tert-OH is 1. The molecule has 3 aromatic carbocycles. The smallest absolute Gasteiger partial charge is 0.295 e. The summed E-state index contributed by atoms with van der Waals surface area (Å²) in [5.74, 6) is -0.0617. The number of rotatable bonds is 11. The molecule has 0 aliphatic carbocycles. The number of hydrogen-bond acceptors (Lipinski definition) is 7. The molecule has 0 radical (unpaired) electrons. The van der Waals surface area contributed by atoms with Crippen LogP contribution in [0.1, 0.15) is 34.7 Å². The molecular weight excluding hydrogens is 498 g/mol.